The van der Waals surface area contributed by atoms with E-state index in [1.165, 1.54) is 40.2 Å². The van der Waals surface area contributed by atoms with Crippen molar-refractivity contribution in [3.63, 3.8) is 0 Å². The minimum absolute atomic E-state index is 0.106. The first-order valence-electron chi connectivity index (χ1n) is 9.09. The van der Waals surface area contributed by atoms with Crippen molar-refractivity contribution in [3.8, 4) is 11.3 Å². The number of fused-ring (bicyclic) bond motifs is 2. The zero-order valence-corrected chi connectivity index (χ0v) is 17.3. The standard InChI is InChI=1S/C20H15FN4O3S2/c1-11-22-15-7-6-14(10-16(15)29-11)23-19(26)18-17(12-2-4-13(21)5-3-12)24-20-25(18)8-9-30(20,27)28/h2-7,10H,8-9H2,1H3,(H,23,26). The molecule has 2 aromatic heterocycles. The van der Waals surface area contributed by atoms with Crippen molar-refractivity contribution in [2.75, 3.05) is 11.1 Å². The second-order valence-electron chi connectivity index (χ2n) is 6.94. The summed E-state index contributed by atoms with van der Waals surface area (Å²) in [6, 6.07) is 10.8. The first kappa shape index (κ1) is 18.9. The van der Waals surface area contributed by atoms with Gasteiger partial charge in [-0.05, 0) is 49.4 Å². The maximum atomic E-state index is 13.4. The molecular weight excluding hydrogens is 427 g/mol. The molecule has 10 heteroatoms. The normalized spacial score (nSPS) is 14.7. The van der Waals surface area contributed by atoms with Gasteiger partial charge < -0.3 is 9.88 Å². The van der Waals surface area contributed by atoms with Gasteiger partial charge in [0, 0.05) is 17.8 Å². The van der Waals surface area contributed by atoms with Crippen molar-refractivity contribution in [1.29, 1.82) is 0 Å². The van der Waals surface area contributed by atoms with Gasteiger partial charge >= 0.3 is 0 Å². The molecule has 0 bridgehead atoms. The number of carbonyl (C=O) groups excluding carboxylic acids is 1. The Morgan fingerprint density at radius 3 is 2.70 bits per heavy atom. The lowest BCUT2D eigenvalue weighted by Gasteiger charge is -2.09. The molecule has 4 aromatic rings. The molecule has 0 saturated carbocycles. The largest absolute Gasteiger partial charge is 0.321 e. The van der Waals surface area contributed by atoms with Crippen LogP contribution in [0.2, 0.25) is 0 Å². The first-order valence-corrected chi connectivity index (χ1v) is 11.6. The molecule has 30 heavy (non-hydrogen) atoms. The van der Waals surface area contributed by atoms with Crippen LogP contribution in [0.4, 0.5) is 10.1 Å². The number of thiazole rings is 1. The van der Waals surface area contributed by atoms with Crippen molar-refractivity contribution < 1.29 is 17.6 Å². The number of anilines is 1. The van der Waals surface area contributed by atoms with Gasteiger partial charge in [-0.2, -0.15) is 0 Å². The van der Waals surface area contributed by atoms with Crippen LogP contribution in [0.1, 0.15) is 15.5 Å². The molecule has 152 valence electrons. The van der Waals surface area contributed by atoms with Crippen LogP contribution in [0.25, 0.3) is 21.5 Å². The number of halogens is 1. The molecule has 0 aliphatic carbocycles. The SMILES string of the molecule is Cc1nc2ccc(NC(=O)c3c(-c4ccc(F)cc4)nc4n3CCS4(=O)=O)cc2s1. The highest BCUT2D eigenvalue weighted by Gasteiger charge is 2.35. The summed E-state index contributed by atoms with van der Waals surface area (Å²) in [5, 5.41) is 3.62. The molecule has 0 spiro atoms. The summed E-state index contributed by atoms with van der Waals surface area (Å²) in [6.07, 6.45) is 0. The first-order chi connectivity index (χ1) is 14.3. The average Bonchev–Trinajstić information content (AvgIpc) is 3.34. The molecule has 1 aliphatic rings. The molecule has 3 heterocycles. The minimum Gasteiger partial charge on any atom is -0.321 e. The Morgan fingerprint density at radius 2 is 1.93 bits per heavy atom. The topological polar surface area (TPSA) is 93.9 Å². The lowest BCUT2D eigenvalue weighted by atomic mass is 10.1. The lowest BCUT2D eigenvalue weighted by molar-refractivity contribution is 0.101. The summed E-state index contributed by atoms with van der Waals surface area (Å²) in [4.78, 5) is 21.8. The Labute approximate surface area is 175 Å². The Kier molecular flexibility index (Phi) is 4.23. The van der Waals surface area contributed by atoms with Gasteiger partial charge in [0.2, 0.25) is 15.0 Å². The zero-order chi connectivity index (χ0) is 21.0. The summed E-state index contributed by atoms with van der Waals surface area (Å²) in [6.45, 7) is 2.05. The van der Waals surface area contributed by atoms with Crippen molar-refractivity contribution in [1.82, 2.24) is 14.5 Å². The maximum absolute atomic E-state index is 13.4. The highest BCUT2D eigenvalue weighted by Crippen LogP contribution is 2.31. The lowest BCUT2D eigenvalue weighted by Crippen LogP contribution is -2.17. The fourth-order valence-corrected chi connectivity index (χ4v) is 5.75. The summed E-state index contributed by atoms with van der Waals surface area (Å²) in [5.41, 5.74) is 2.22. The van der Waals surface area contributed by atoms with Gasteiger partial charge in [-0.3, -0.25) is 4.79 Å². The van der Waals surface area contributed by atoms with Crippen LogP contribution in [0.5, 0.6) is 0 Å². The maximum Gasteiger partial charge on any atom is 0.274 e. The second-order valence-corrected chi connectivity index (χ2v) is 10.2. The molecule has 0 unspecified atom stereocenters. The monoisotopic (exact) mass is 442 g/mol. The van der Waals surface area contributed by atoms with Gasteiger partial charge in [-0.15, -0.1) is 11.3 Å². The van der Waals surface area contributed by atoms with Crippen molar-refractivity contribution in [2.45, 2.75) is 18.6 Å². The highest BCUT2D eigenvalue weighted by atomic mass is 32.2. The second kappa shape index (κ2) is 6.71. The third-order valence-electron chi connectivity index (χ3n) is 4.88. The van der Waals surface area contributed by atoms with E-state index in [4.69, 9.17) is 0 Å². The number of hydrogen-bond donors (Lipinski definition) is 1. The van der Waals surface area contributed by atoms with Crippen molar-refractivity contribution in [2.24, 2.45) is 0 Å². The molecule has 1 aliphatic heterocycles. The van der Waals surface area contributed by atoms with Crippen LogP contribution in [-0.4, -0.2) is 34.6 Å². The van der Waals surface area contributed by atoms with Gasteiger partial charge in [0.05, 0.1) is 21.0 Å². The number of carbonyl (C=O) groups is 1. The highest BCUT2D eigenvalue weighted by molar-refractivity contribution is 7.91. The van der Waals surface area contributed by atoms with Gasteiger partial charge in [0.15, 0.2) is 0 Å². The molecule has 1 N–H and O–H groups in total. The predicted octanol–water partition coefficient (Wildman–Crippen LogP) is 3.65. The fraction of sp³-hybridized carbons (Fsp3) is 0.150. The molecular formula is C20H15FN4O3S2. The van der Waals surface area contributed by atoms with E-state index in [-0.39, 0.29) is 28.8 Å². The molecule has 5 rings (SSSR count). The van der Waals surface area contributed by atoms with E-state index < -0.39 is 21.6 Å². The Hall–Kier alpha value is -3.11. The predicted molar refractivity (Wildman–Crippen MR) is 112 cm³/mol. The van der Waals surface area contributed by atoms with Crippen LogP contribution >= 0.6 is 11.3 Å². The number of nitrogens with one attached hydrogen (secondary N) is 1. The summed E-state index contributed by atoms with van der Waals surface area (Å²) in [5.74, 6) is -1.02. The van der Waals surface area contributed by atoms with Crippen molar-refractivity contribution >= 4 is 43.0 Å². The Bertz CT molecular complexity index is 1420. The van der Waals surface area contributed by atoms with Crippen LogP contribution in [0, 0.1) is 12.7 Å². The third kappa shape index (κ3) is 3.08. The van der Waals surface area contributed by atoms with E-state index >= 15 is 0 Å². The third-order valence-corrected chi connectivity index (χ3v) is 7.40. The Morgan fingerprint density at radius 1 is 1.17 bits per heavy atom. The van der Waals surface area contributed by atoms with Crippen LogP contribution < -0.4 is 5.32 Å². The number of benzene rings is 2. The molecule has 0 fully saturated rings. The zero-order valence-electron chi connectivity index (χ0n) is 15.7. The van der Waals surface area contributed by atoms with E-state index in [1.807, 2.05) is 19.1 Å². The van der Waals surface area contributed by atoms with Gasteiger partial charge in [0.25, 0.3) is 5.91 Å². The number of sulfone groups is 1. The van der Waals surface area contributed by atoms with Gasteiger partial charge in [0.1, 0.15) is 17.2 Å². The van der Waals surface area contributed by atoms with Crippen LogP contribution in [0.15, 0.2) is 47.6 Å². The minimum atomic E-state index is -3.56. The van der Waals surface area contributed by atoms with E-state index in [0.29, 0.717) is 11.3 Å². The van der Waals surface area contributed by atoms with Crippen LogP contribution in [-0.2, 0) is 16.4 Å². The number of nitrogens with zero attached hydrogens (tertiary/aromatic N) is 3. The van der Waals surface area contributed by atoms with Crippen molar-refractivity contribution in [3.05, 3.63) is 59.0 Å². The molecule has 7 nitrogen and oxygen atoms in total. The quantitative estimate of drug-likeness (QED) is 0.523. The summed E-state index contributed by atoms with van der Waals surface area (Å²) < 4.78 is 40.4. The van der Waals surface area contributed by atoms with E-state index in [0.717, 1.165) is 15.2 Å². The number of imidazole rings is 1. The molecule has 0 atom stereocenters. The number of aromatic nitrogens is 3. The molecule has 0 radical (unpaired) electrons. The number of hydrogen-bond acceptors (Lipinski definition) is 6. The number of amides is 1. The van der Waals surface area contributed by atoms with E-state index in [1.54, 1.807) is 6.07 Å². The smallest absolute Gasteiger partial charge is 0.274 e. The Balaban J connectivity index is 1.59. The fourth-order valence-electron chi connectivity index (χ4n) is 3.53. The van der Waals surface area contributed by atoms with E-state index in [9.17, 15) is 17.6 Å². The van der Waals surface area contributed by atoms with Gasteiger partial charge in [-0.1, -0.05) is 0 Å². The molecule has 1 amide bonds. The van der Waals surface area contributed by atoms with Gasteiger partial charge in [-0.25, -0.2) is 22.8 Å². The number of aryl methyl sites for hydroxylation is 1. The molecule has 2 aromatic carbocycles. The average molecular weight is 442 g/mol. The molecule has 0 saturated heterocycles. The summed E-state index contributed by atoms with van der Waals surface area (Å²) >= 11 is 1.52. The summed E-state index contributed by atoms with van der Waals surface area (Å²) in [7, 11) is -3.56. The number of rotatable bonds is 3. The van der Waals surface area contributed by atoms with Crippen LogP contribution in [0.3, 0.4) is 0 Å². The van der Waals surface area contributed by atoms with E-state index in [2.05, 4.69) is 15.3 Å².